The van der Waals surface area contributed by atoms with Gasteiger partial charge in [-0.1, -0.05) is 12.1 Å². The van der Waals surface area contributed by atoms with Gasteiger partial charge in [0.1, 0.15) is 0 Å². The Bertz CT molecular complexity index is 926. The van der Waals surface area contributed by atoms with Crippen molar-refractivity contribution in [3.63, 3.8) is 0 Å². The average Bonchev–Trinajstić information content (AvgIpc) is 3.10. The minimum absolute atomic E-state index is 0.0662. The molecule has 2 aromatic heterocycles. The van der Waals surface area contributed by atoms with Crippen molar-refractivity contribution < 1.29 is 4.79 Å². The zero-order valence-corrected chi connectivity index (χ0v) is 14.9. The molecule has 1 fully saturated rings. The number of nitrogens with zero attached hydrogens (tertiary/aromatic N) is 3. The summed E-state index contributed by atoms with van der Waals surface area (Å²) in [5.74, 6) is -0.0662. The van der Waals surface area contributed by atoms with E-state index in [-0.39, 0.29) is 5.91 Å². The second kappa shape index (κ2) is 7.22. The first-order valence-corrected chi connectivity index (χ1v) is 9.01. The molecule has 1 atom stereocenters. The summed E-state index contributed by atoms with van der Waals surface area (Å²) in [4.78, 5) is 23.0. The lowest BCUT2D eigenvalue weighted by molar-refractivity contribution is -0.114. The summed E-state index contributed by atoms with van der Waals surface area (Å²) >= 11 is 0. The van der Waals surface area contributed by atoms with Crippen molar-refractivity contribution in [1.29, 1.82) is 0 Å². The summed E-state index contributed by atoms with van der Waals surface area (Å²) in [7, 11) is 0. The zero-order chi connectivity index (χ0) is 17.9. The molecule has 1 unspecified atom stereocenters. The van der Waals surface area contributed by atoms with Gasteiger partial charge in [0.25, 0.3) is 0 Å². The van der Waals surface area contributed by atoms with Crippen molar-refractivity contribution in [2.75, 3.05) is 11.9 Å². The number of aromatic nitrogens is 2. The van der Waals surface area contributed by atoms with Crippen LogP contribution in [0.5, 0.6) is 0 Å². The number of amides is 1. The Balaban J connectivity index is 1.54. The zero-order valence-electron chi connectivity index (χ0n) is 14.9. The molecule has 4 rings (SSSR count). The molecule has 3 aromatic rings. The molecule has 0 spiro atoms. The van der Waals surface area contributed by atoms with E-state index in [4.69, 9.17) is 4.98 Å². The minimum Gasteiger partial charge on any atom is -0.326 e. The number of likely N-dealkylation sites (tertiary alicyclic amines) is 1. The fraction of sp³-hybridized carbons (Fsp3) is 0.286. The predicted molar refractivity (Wildman–Crippen MR) is 103 cm³/mol. The van der Waals surface area contributed by atoms with E-state index >= 15 is 0 Å². The number of anilines is 1. The van der Waals surface area contributed by atoms with Crippen molar-refractivity contribution in [2.24, 2.45) is 0 Å². The van der Waals surface area contributed by atoms with Crippen LogP contribution in [0.25, 0.3) is 10.9 Å². The molecular formula is C21H22N4O. The number of carbonyl (C=O) groups is 1. The number of benzene rings is 1. The topological polar surface area (TPSA) is 58.1 Å². The van der Waals surface area contributed by atoms with Crippen molar-refractivity contribution in [1.82, 2.24) is 14.9 Å². The van der Waals surface area contributed by atoms with E-state index in [0.29, 0.717) is 6.04 Å². The fourth-order valence-electron chi connectivity index (χ4n) is 3.67. The minimum atomic E-state index is -0.0662. The molecule has 26 heavy (non-hydrogen) atoms. The van der Waals surface area contributed by atoms with Crippen molar-refractivity contribution in [3.05, 3.63) is 66.1 Å². The van der Waals surface area contributed by atoms with Crippen LogP contribution in [0.3, 0.4) is 0 Å². The third kappa shape index (κ3) is 3.58. The summed E-state index contributed by atoms with van der Waals surface area (Å²) in [5, 5.41) is 3.84. The van der Waals surface area contributed by atoms with Gasteiger partial charge in [0, 0.05) is 30.7 Å². The maximum atomic E-state index is 11.2. The molecule has 0 aliphatic carbocycles. The van der Waals surface area contributed by atoms with Gasteiger partial charge >= 0.3 is 0 Å². The molecule has 1 saturated heterocycles. The van der Waals surface area contributed by atoms with Gasteiger partial charge in [0.05, 0.1) is 22.9 Å². The molecule has 5 nitrogen and oxygen atoms in total. The molecule has 5 heteroatoms. The van der Waals surface area contributed by atoms with Crippen molar-refractivity contribution >= 4 is 22.5 Å². The third-order valence-electron chi connectivity index (χ3n) is 4.83. The number of nitrogens with one attached hydrogen (secondary N) is 1. The number of fused-ring (bicyclic) bond motifs is 1. The van der Waals surface area contributed by atoms with Gasteiger partial charge in [-0.15, -0.1) is 0 Å². The lowest BCUT2D eigenvalue weighted by Gasteiger charge is -2.23. The first-order chi connectivity index (χ1) is 12.7. The highest BCUT2D eigenvalue weighted by Gasteiger charge is 2.27. The molecule has 1 amide bonds. The largest absolute Gasteiger partial charge is 0.326 e. The normalized spacial score (nSPS) is 17.5. The van der Waals surface area contributed by atoms with Gasteiger partial charge < -0.3 is 5.32 Å². The Morgan fingerprint density at radius 2 is 2.15 bits per heavy atom. The van der Waals surface area contributed by atoms with Crippen LogP contribution in [0, 0.1) is 0 Å². The van der Waals surface area contributed by atoms with Crippen molar-refractivity contribution in [3.8, 4) is 0 Å². The van der Waals surface area contributed by atoms with E-state index in [1.54, 1.807) is 0 Å². The molecule has 1 aliphatic rings. The smallest absolute Gasteiger partial charge is 0.221 e. The number of hydrogen-bond acceptors (Lipinski definition) is 4. The van der Waals surface area contributed by atoms with Gasteiger partial charge in [-0.3, -0.25) is 19.7 Å². The Labute approximate surface area is 153 Å². The molecule has 0 bridgehead atoms. The summed E-state index contributed by atoms with van der Waals surface area (Å²) < 4.78 is 0. The summed E-state index contributed by atoms with van der Waals surface area (Å²) in [6, 6.07) is 16.5. The Hall–Kier alpha value is -2.79. The summed E-state index contributed by atoms with van der Waals surface area (Å²) in [6.07, 6.45) is 4.20. The predicted octanol–water partition coefficient (Wildman–Crippen LogP) is 3.93. The number of carbonyl (C=O) groups excluding carboxylic acids is 1. The van der Waals surface area contributed by atoms with E-state index in [1.807, 2.05) is 30.5 Å². The van der Waals surface area contributed by atoms with Crippen molar-refractivity contribution in [2.45, 2.75) is 32.4 Å². The SMILES string of the molecule is CC(=O)Nc1ccc2nc(CN3CCCC3c3ccccn3)ccc2c1. The van der Waals surface area contributed by atoms with Crippen LogP contribution >= 0.6 is 0 Å². The highest BCUT2D eigenvalue weighted by atomic mass is 16.1. The lowest BCUT2D eigenvalue weighted by Crippen LogP contribution is -2.23. The first-order valence-electron chi connectivity index (χ1n) is 9.01. The first kappa shape index (κ1) is 16.7. The summed E-state index contributed by atoms with van der Waals surface area (Å²) in [5.41, 5.74) is 3.96. The van der Waals surface area contributed by atoms with Gasteiger partial charge in [-0.05, 0) is 55.8 Å². The van der Waals surface area contributed by atoms with Crippen LogP contribution in [0.4, 0.5) is 5.69 Å². The van der Waals surface area contributed by atoms with E-state index in [2.05, 4.69) is 39.5 Å². The standard InChI is InChI=1S/C21H22N4O/c1-15(26)23-17-9-10-19-16(13-17)7-8-18(24-19)14-25-12-4-6-21(25)20-5-2-3-11-22-20/h2-3,5,7-11,13,21H,4,6,12,14H2,1H3,(H,23,26). The molecule has 3 heterocycles. The van der Waals surface area contributed by atoms with Gasteiger partial charge in [0.15, 0.2) is 0 Å². The van der Waals surface area contributed by atoms with E-state index in [9.17, 15) is 4.79 Å². The molecular weight excluding hydrogens is 324 g/mol. The van der Waals surface area contributed by atoms with E-state index in [1.165, 1.54) is 13.3 Å². The third-order valence-corrected chi connectivity index (χ3v) is 4.83. The number of rotatable bonds is 4. The van der Waals surface area contributed by atoms with Crippen LogP contribution in [-0.4, -0.2) is 27.3 Å². The van der Waals surface area contributed by atoms with Crippen LogP contribution in [-0.2, 0) is 11.3 Å². The second-order valence-electron chi connectivity index (χ2n) is 6.77. The maximum absolute atomic E-state index is 11.2. The average molecular weight is 346 g/mol. The Morgan fingerprint density at radius 1 is 1.23 bits per heavy atom. The quantitative estimate of drug-likeness (QED) is 0.778. The van der Waals surface area contributed by atoms with Gasteiger partial charge in [0.2, 0.25) is 5.91 Å². The van der Waals surface area contributed by atoms with E-state index < -0.39 is 0 Å². The van der Waals surface area contributed by atoms with Crippen LogP contribution in [0.15, 0.2) is 54.7 Å². The molecule has 1 aromatic carbocycles. The molecule has 1 aliphatic heterocycles. The molecule has 0 radical (unpaired) electrons. The highest BCUT2D eigenvalue weighted by Crippen LogP contribution is 2.32. The molecule has 0 saturated carbocycles. The molecule has 132 valence electrons. The van der Waals surface area contributed by atoms with E-state index in [0.717, 1.165) is 47.5 Å². The number of pyridine rings is 2. The highest BCUT2D eigenvalue weighted by molar-refractivity contribution is 5.92. The fourth-order valence-corrected chi connectivity index (χ4v) is 3.67. The van der Waals surface area contributed by atoms with Gasteiger partial charge in [-0.2, -0.15) is 0 Å². The van der Waals surface area contributed by atoms with Crippen LogP contribution in [0.1, 0.15) is 37.2 Å². The lowest BCUT2D eigenvalue weighted by atomic mass is 10.1. The second-order valence-corrected chi connectivity index (χ2v) is 6.77. The Kier molecular flexibility index (Phi) is 4.63. The monoisotopic (exact) mass is 346 g/mol. The van der Waals surface area contributed by atoms with Crippen LogP contribution < -0.4 is 5.32 Å². The number of hydrogen-bond donors (Lipinski definition) is 1. The van der Waals surface area contributed by atoms with Gasteiger partial charge in [-0.25, -0.2) is 0 Å². The maximum Gasteiger partial charge on any atom is 0.221 e. The van der Waals surface area contributed by atoms with Crippen LogP contribution in [0.2, 0.25) is 0 Å². The molecule has 1 N–H and O–H groups in total. The summed E-state index contributed by atoms with van der Waals surface area (Å²) in [6.45, 7) is 3.41. The Morgan fingerprint density at radius 3 is 2.96 bits per heavy atom.